The molecular weight excluding hydrogens is 290 g/mol. The molecule has 0 radical (unpaired) electrons. The third-order valence-corrected chi connectivity index (χ3v) is 3.97. The minimum absolute atomic E-state index is 0.648. The van der Waals surface area contributed by atoms with Crippen LogP contribution >= 0.6 is 27.7 Å². The molecule has 86 valence electrons. The van der Waals surface area contributed by atoms with Gasteiger partial charge in [-0.3, -0.25) is 0 Å². The maximum absolute atomic E-state index is 10.4. The predicted octanol–water partition coefficient (Wildman–Crippen LogP) is 3.15. The van der Waals surface area contributed by atoms with E-state index in [1.54, 1.807) is 18.7 Å². The largest absolute Gasteiger partial charge is 0.478 e. The molecule has 0 spiro atoms. The van der Waals surface area contributed by atoms with Crippen molar-refractivity contribution in [1.82, 2.24) is 0 Å². The minimum Gasteiger partial charge on any atom is -0.478 e. The van der Waals surface area contributed by atoms with Gasteiger partial charge in [-0.2, -0.15) is 0 Å². The van der Waals surface area contributed by atoms with Crippen molar-refractivity contribution < 1.29 is 9.90 Å². The van der Waals surface area contributed by atoms with E-state index in [4.69, 9.17) is 10.8 Å². The van der Waals surface area contributed by atoms with E-state index in [1.807, 2.05) is 18.2 Å². The first-order valence-corrected chi connectivity index (χ1v) is 6.35. The van der Waals surface area contributed by atoms with Crippen LogP contribution < -0.4 is 5.73 Å². The van der Waals surface area contributed by atoms with Gasteiger partial charge in [0.15, 0.2) is 0 Å². The third-order valence-electron chi connectivity index (χ3n) is 1.78. The third kappa shape index (κ3) is 4.28. The van der Waals surface area contributed by atoms with Crippen LogP contribution in [-0.4, -0.2) is 16.8 Å². The van der Waals surface area contributed by atoms with Gasteiger partial charge in [0.05, 0.1) is 0 Å². The summed E-state index contributed by atoms with van der Waals surface area (Å²) < 4.78 is 0.931. The van der Waals surface area contributed by atoms with Gasteiger partial charge in [0.2, 0.25) is 0 Å². The van der Waals surface area contributed by atoms with E-state index in [0.29, 0.717) is 11.4 Å². The SMILES string of the molecule is C/C(=C/C(=O)O)CSc1ccc(N)cc1Br. The fourth-order valence-corrected chi connectivity index (χ4v) is 2.65. The van der Waals surface area contributed by atoms with E-state index in [0.717, 1.165) is 14.9 Å². The second kappa shape index (κ2) is 5.96. The van der Waals surface area contributed by atoms with E-state index in [9.17, 15) is 4.79 Å². The molecule has 0 aliphatic carbocycles. The summed E-state index contributed by atoms with van der Waals surface area (Å²) in [5, 5.41) is 8.56. The lowest BCUT2D eigenvalue weighted by Gasteiger charge is -2.05. The van der Waals surface area contributed by atoms with Crippen LogP contribution in [0, 0.1) is 0 Å². The first-order chi connectivity index (χ1) is 7.49. The molecule has 1 aromatic rings. The number of carboxylic acid groups (broad SMARTS) is 1. The molecule has 0 amide bonds. The molecule has 0 heterocycles. The smallest absolute Gasteiger partial charge is 0.328 e. The number of nitrogens with two attached hydrogens (primary N) is 1. The molecule has 1 rings (SSSR count). The summed E-state index contributed by atoms with van der Waals surface area (Å²) in [6.45, 7) is 1.80. The summed E-state index contributed by atoms with van der Waals surface area (Å²) in [7, 11) is 0. The van der Waals surface area contributed by atoms with E-state index in [1.165, 1.54) is 6.08 Å². The van der Waals surface area contributed by atoms with Crippen molar-refractivity contribution in [2.45, 2.75) is 11.8 Å². The van der Waals surface area contributed by atoms with Gasteiger partial charge in [-0.15, -0.1) is 11.8 Å². The molecule has 0 saturated carbocycles. The maximum atomic E-state index is 10.4. The van der Waals surface area contributed by atoms with Crippen LogP contribution in [0.5, 0.6) is 0 Å². The average Bonchev–Trinajstić information content (AvgIpc) is 2.15. The number of carbonyl (C=O) groups is 1. The maximum Gasteiger partial charge on any atom is 0.328 e. The van der Waals surface area contributed by atoms with Crippen molar-refractivity contribution in [3.05, 3.63) is 34.3 Å². The fraction of sp³-hybridized carbons (Fsp3) is 0.182. The van der Waals surface area contributed by atoms with Crippen LogP contribution in [-0.2, 0) is 4.79 Å². The summed E-state index contributed by atoms with van der Waals surface area (Å²) in [5.74, 6) is -0.260. The lowest BCUT2D eigenvalue weighted by Crippen LogP contribution is -1.92. The molecule has 0 saturated heterocycles. The fourth-order valence-electron chi connectivity index (χ4n) is 1.08. The molecule has 0 fully saturated rings. The number of thioether (sulfide) groups is 1. The summed E-state index contributed by atoms with van der Waals surface area (Å²) in [5.41, 5.74) is 7.14. The van der Waals surface area contributed by atoms with Crippen molar-refractivity contribution >= 4 is 39.3 Å². The van der Waals surface area contributed by atoms with Crippen molar-refractivity contribution in [3.63, 3.8) is 0 Å². The molecule has 0 bridgehead atoms. The van der Waals surface area contributed by atoms with E-state index in [2.05, 4.69) is 15.9 Å². The van der Waals surface area contributed by atoms with Gasteiger partial charge >= 0.3 is 5.97 Å². The highest BCUT2D eigenvalue weighted by atomic mass is 79.9. The first-order valence-electron chi connectivity index (χ1n) is 4.57. The molecule has 0 unspecified atom stereocenters. The van der Waals surface area contributed by atoms with Crippen molar-refractivity contribution in [2.75, 3.05) is 11.5 Å². The number of anilines is 1. The van der Waals surface area contributed by atoms with Crippen LogP contribution in [0.1, 0.15) is 6.92 Å². The van der Waals surface area contributed by atoms with Crippen molar-refractivity contribution in [3.8, 4) is 0 Å². The number of rotatable bonds is 4. The zero-order chi connectivity index (χ0) is 12.1. The Bertz CT molecular complexity index is 432. The Morgan fingerprint density at radius 3 is 2.88 bits per heavy atom. The molecule has 3 N–H and O–H groups in total. The number of nitrogen functional groups attached to an aromatic ring is 1. The van der Waals surface area contributed by atoms with Gasteiger partial charge in [-0.1, -0.05) is 5.57 Å². The number of aliphatic carboxylic acids is 1. The highest BCUT2D eigenvalue weighted by molar-refractivity contribution is 9.10. The number of benzene rings is 1. The lowest BCUT2D eigenvalue weighted by molar-refractivity contribution is -0.131. The van der Waals surface area contributed by atoms with E-state index < -0.39 is 5.97 Å². The normalized spacial score (nSPS) is 11.5. The minimum atomic E-state index is -0.908. The molecule has 3 nitrogen and oxygen atoms in total. The van der Waals surface area contributed by atoms with Gasteiger partial charge in [0, 0.05) is 26.9 Å². The molecule has 0 atom stereocenters. The summed E-state index contributed by atoms with van der Waals surface area (Å²) in [4.78, 5) is 11.5. The number of carboxylic acids is 1. The van der Waals surface area contributed by atoms with Crippen LogP contribution in [0.2, 0.25) is 0 Å². The number of hydrogen-bond acceptors (Lipinski definition) is 3. The zero-order valence-electron chi connectivity index (χ0n) is 8.74. The Hall–Kier alpha value is -0.940. The van der Waals surface area contributed by atoms with Crippen molar-refractivity contribution in [2.24, 2.45) is 0 Å². The number of hydrogen-bond donors (Lipinski definition) is 2. The standard InChI is InChI=1S/C11H12BrNO2S/c1-7(4-11(14)15)6-16-10-3-2-8(13)5-9(10)12/h2-5H,6,13H2,1H3,(H,14,15)/b7-4-. The highest BCUT2D eigenvalue weighted by Gasteiger charge is 2.02. The Kier molecular flexibility index (Phi) is 4.89. The zero-order valence-corrected chi connectivity index (χ0v) is 11.1. The molecule has 16 heavy (non-hydrogen) atoms. The molecular formula is C11H12BrNO2S. The van der Waals surface area contributed by atoms with Gasteiger partial charge in [0.1, 0.15) is 0 Å². The highest BCUT2D eigenvalue weighted by Crippen LogP contribution is 2.30. The summed E-state index contributed by atoms with van der Waals surface area (Å²) in [6.07, 6.45) is 1.22. The van der Waals surface area contributed by atoms with E-state index in [-0.39, 0.29) is 0 Å². The van der Waals surface area contributed by atoms with E-state index >= 15 is 0 Å². The first kappa shape index (κ1) is 13.1. The van der Waals surface area contributed by atoms with Crippen LogP contribution in [0.4, 0.5) is 5.69 Å². The second-order valence-corrected chi connectivity index (χ2v) is 5.18. The van der Waals surface area contributed by atoms with Crippen LogP contribution in [0.25, 0.3) is 0 Å². The van der Waals surface area contributed by atoms with Crippen molar-refractivity contribution in [1.29, 1.82) is 0 Å². The summed E-state index contributed by atoms with van der Waals surface area (Å²) in [6, 6.07) is 5.57. The number of halogens is 1. The molecule has 0 aromatic heterocycles. The summed E-state index contributed by atoms with van der Waals surface area (Å²) >= 11 is 4.98. The van der Waals surface area contributed by atoms with Crippen LogP contribution in [0.3, 0.4) is 0 Å². The molecule has 0 aliphatic rings. The van der Waals surface area contributed by atoms with Gasteiger partial charge in [-0.05, 0) is 41.1 Å². The van der Waals surface area contributed by atoms with Gasteiger partial charge < -0.3 is 10.8 Å². The van der Waals surface area contributed by atoms with Gasteiger partial charge in [-0.25, -0.2) is 4.79 Å². The monoisotopic (exact) mass is 301 g/mol. The molecule has 5 heteroatoms. The Morgan fingerprint density at radius 2 is 2.31 bits per heavy atom. The topological polar surface area (TPSA) is 63.3 Å². The Labute approximate surface area is 107 Å². The average molecular weight is 302 g/mol. The molecule has 1 aromatic carbocycles. The lowest BCUT2D eigenvalue weighted by atomic mass is 10.3. The predicted molar refractivity (Wildman–Crippen MR) is 70.7 cm³/mol. The molecule has 0 aliphatic heterocycles. The quantitative estimate of drug-likeness (QED) is 0.509. The Balaban J connectivity index is 2.65. The second-order valence-electron chi connectivity index (χ2n) is 3.31. The van der Waals surface area contributed by atoms with Crippen LogP contribution in [0.15, 0.2) is 39.2 Å². The van der Waals surface area contributed by atoms with Gasteiger partial charge in [0.25, 0.3) is 0 Å². The Morgan fingerprint density at radius 1 is 1.62 bits per heavy atom.